The summed E-state index contributed by atoms with van der Waals surface area (Å²) in [5, 5.41) is 12.9. The van der Waals surface area contributed by atoms with Crippen LogP contribution < -0.4 is 15.0 Å². The molecule has 3 aromatic rings. The maximum atomic E-state index is 13.2. The first-order valence-electron chi connectivity index (χ1n) is 11.8. The number of ether oxygens (including phenoxy) is 2. The number of fused-ring (bicyclic) bond motifs is 1. The van der Waals surface area contributed by atoms with Crippen molar-refractivity contribution in [3.8, 4) is 17.6 Å². The summed E-state index contributed by atoms with van der Waals surface area (Å²) in [6.45, 7) is 7.56. The first-order valence-corrected chi connectivity index (χ1v) is 11.8. The topological polar surface area (TPSA) is 118 Å². The molecular formula is C28H23N5O5. The number of carbonyl (C=O) groups excluding carboxylic acids is 2. The summed E-state index contributed by atoms with van der Waals surface area (Å²) >= 11 is 0. The molecule has 2 aromatic heterocycles. The number of pyridine rings is 2. The highest BCUT2D eigenvalue weighted by atomic mass is 16.5. The van der Waals surface area contributed by atoms with Crippen molar-refractivity contribution in [2.45, 2.75) is 18.1 Å². The normalized spacial score (nSPS) is 17.4. The Hall–Kier alpha value is -4.77. The predicted molar refractivity (Wildman–Crippen MR) is 137 cm³/mol. The van der Waals surface area contributed by atoms with Gasteiger partial charge in [-0.15, -0.1) is 4.98 Å². The van der Waals surface area contributed by atoms with Crippen LogP contribution in [0.3, 0.4) is 0 Å². The summed E-state index contributed by atoms with van der Waals surface area (Å²) < 4.78 is 10.9. The lowest BCUT2D eigenvalue weighted by atomic mass is 10.0. The second kappa shape index (κ2) is 10.3. The molecule has 0 spiro atoms. The Morgan fingerprint density at radius 3 is 2.87 bits per heavy atom. The van der Waals surface area contributed by atoms with E-state index in [2.05, 4.69) is 32.0 Å². The van der Waals surface area contributed by atoms with E-state index in [1.165, 1.54) is 11.1 Å². The lowest BCUT2D eigenvalue weighted by Crippen LogP contribution is -2.49. The standard InChI is InChI=1S/C28H23N5O5/c1-29-25-20(4-3-10-31-25)12-19-8-11-30-21(13-19)26(34)32-22-15-38-24-6-5-18(7-9-28(36)16-37-17-28)14-23(24)33(2)27(22)35/h3-6,8,10-11,13-14,22,36H,12,15-17H2,2H3,(H,32,34). The van der Waals surface area contributed by atoms with Crippen LogP contribution in [0.5, 0.6) is 5.75 Å². The van der Waals surface area contributed by atoms with Crippen LogP contribution in [0.25, 0.3) is 4.85 Å². The third-order valence-corrected chi connectivity index (χ3v) is 6.21. The van der Waals surface area contributed by atoms with Crippen LogP contribution in [0.2, 0.25) is 0 Å². The van der Waals surface area contributed by atoms with Gasteiger partial charge < -0.3 is 29.6 Å². The van der Waals surface area contributed by atoms with E-state index in [1.807, 2.05) is 6.07 Å². The fraction of sp³-hybridized carbons (Fsp3) is 0.250. The summed E-state index contributed by atoms with van der Waals surface area (Å²) in [6, 6.07) is 11.2. The van der Waals surface area contributed by atoms with Gasteiger partial charge in [0.15, 0.2) is 5.60 Å². The minimum Gasteiger partial charge on any atom is -0.489 e. The Bertz CT molecular complexity index is 1520. The van der Waals surface area contributed by atoms with Gasteiger partial charge in [0.1, 0.15) is 30.3 Å². The number of benzene rings is 1. The SMILES string of the molecule is [C-]#[N+]c1ncccc1Cc1ccnc(C(=O)NC2COc3ccc(C#CC4(O)COC4)cc3N(C)C2=O)c1. The molecule has 1 aromatic carbocycles. The minimum atomic E-state index is -1.15. The molecule has 1 fully saturated rings. The van der Waals surface area contributed by atoms with Crippen LogP contribution in [0.4, 0.5) is 11.5 Å². The van der Waals surface area contributed by atoms with Crippen molar-refractivity contribution in [3.05, 3.63) is 88.7 Å². The van der Waals surface area contributed by atoms with Crippen molar-refractivity contribution < 1.29 is 24.2 Å². The van der Waals surface area contributed by atoms with E-state index < -0.39 is 17.6 Å². The van der Waals surface area contributed by atoms with E-state index in [1.54, 1.807) is 49.6 Å². The molecule has 10 heteroatoms. The zero-order valence-corrected chi connectivity index (χ0v) is 20.5. The Morgan fingerprint density at radius 2 is 2.11 bits per heavy atom. The average molecular weight is 510 g/mol. The van der Waals surface area contributed by atoms with Crippen LogP contribution >= 0.6 is 0 Å². The van der Waals surface area contributed by atoms with Gasteiger partial charge in [0, 0.05) is 18.8 Å². The van der Waals surface area contributed by atoms with E-state index >= 15 is 0 Å². The molecule has 1 unspecified atom stereocenters. The largest absolute Gasteiger partial charge is 0.489 e. The first kappa shape index (κ1) is 24.9. The van der Waals surface area contributed by atoms with Crippen LogP contribution in [-0.4, -0.2) is 65.4 Å². The molecule has 38 heavy (non-hydrogen) atoms. The smallest absolute Gasteiger partial charge is 0.273 e. The highest BCUT2D eigenvalue weighted by molar-refractivity contribution is 6.03. The summed E-state index contributed by atoms with van der Waals surface area (Å²) in [5.41, 5.74) is 1.62. The molecule has 1 saturated heterocycles. The van der Waals surface area contributed by atoms with Crippen LogP contribution in [0, 0.1) is 18.4 Å². The Morgan fingerprint density at radius 1 is 1.26 bits per heavy atom. The molecule has 0 radical (unpaired) electrons. The average Bonchev–Trinajstić information content (AvgIpc) is 3.03. The first-order chi connectivity index (χ1) is 18.3. The van der Waals surface area contributed by atoms with E-state index in [9.17, 15) is 14.7 Å². The van der Waals surface area contributed by atoms with Crippen LogP contribution in [-0.2, 0) is 16.0 Å². The summed E-state index contributed by atoms with van der Waals surface area (Å²) in [7, 11) is 1.60. The van der Waals surface area contributed by atoms with Crippen molar-refractivity contribution >= 4 is 23.3 Å². The lowest BCUT2D eigenvalue weighted by Gasteiger charge is -2.30. The van der Waals surface area contributed by atoms with Crippen molar-refractivity contribution in [2.75, 3.05) is 31.8 Å². The fourth-order valence-corrected chi connectivity index (χ4v) is 4.07. The monoisotopic (exact) mass is 509 g/mol. The molecule has 190 valence electrons. The number of likely N-dealkylation sites (N-methyl/N-ethyl adjacent to an activating group) is 1. The van der Waals surface area contributed by atoms with Crippen molar-refractivity contribution in [2.24, 2.45) is 0 Å². The second-order valence-corrected chi connectivity index (χ2v) is 9.02. The van der Waals surface area contributed by atoms with Gasteiger partial charge in [0.05, 0.1) is 18.9 Å². The molecular weight excluding hydrogens is 486 g/mol. The van der Waals surface area contributed by atoms with Gasteiger partial charge in [-0.25, -0.2) is 0 Å². The maximum absolute atomic E-state index is 13.2. The van der Waals surface area contributed by atoms with Gasteiger partial charge in [-0.2, -0.15) is 0 Å². The van der Waals surface area contributed by atoms with Gasteiger partial charge in [-0.05, 0) is 53.9 Å². The molecule has 10 nitrogen and oxygen atoms in total. The zero-order valence-electron chi connectivity index (χ0n) is 20.5. The third-order valence-electron chi connectivity index (χ3n) is 6.21. The molecule has 2 N–H and O–H groups in total. The van der Waals surface area contributed by atoms with E-state index in [-0.39, 0.29) is 31.4 Å². The summed E-state index contributed by atoms with van der Waals surface area (Å²) in [4.78, 5) is 39.3. The number of rotatable bonds is 4. The molecule has 2 aliphatic rings. The number of hydrogen-bond acceptors (Lipinski definition) is 7. The maximum Gasteiger partial charge on any atom is 0.273 e. The van der Waals surface area contributed by atoms with E-state index in [0.29, 0.717) is 29.2 Å². The quantitative estimate of drug-likeness (QED) is 0.407. The van der Waals surface area contributed by atoms with Gasteiger partial charge in [-0.1, -0.05) is 24.5 Å². The summed E-state index contributed by atoms with van der Waals surface area (Å²) in [6.07, 6.45) is 3.49. The van der Waals surface area contributed by atoms with Crippen molar-refractivity contribution in [1.29, 1.82) is 0 Å². The number of amides is 2. The van der Waals surface area contributed by atoms with Crippen LogP contribution in [0.15, 0.2) is 54.9 Å². The predicted octanol–water partition coefficient (Wildman–Crippen LogP) is 1.88. The highest BCUT2D eigenvalue weighted by Gasteiger charge is 2.34. The van der Waals surface area contributed by atoms with Gasteiger partial charge in [-0.3, -0.25) is 14.6 Å². The number of aromatic nitrogens is 2. The molecule has 1 atom stereocenters. The molecule has 5 rings (SSSR count). The molecule has 2 aliphatic heterocycles. The Labute approximate surface area is 219 Å². The highest BCUT2D eigenvalue weighted by Crippen LogP contribution is 2.31. The van der Waals surface area contributed by atoms with Gasteiger partial charge >= 0.3 is 0 Å². The second-order valence-electron chi connectivity index (χ2n) is 9.02. The van der Waals surface area contributed by atoms with Crippen molar-refractivity contribution in [1.82, 2.24) is 15.3 Å². The summed E-state index contributed by atoms with van der Waals surface area (Å²) in [5.74, 6) is 5.61. The number of nitrogens with one attached hydrogen (secondary N) is 1. The third kappa shape index (κ3) is 5.18. The molecule has 0 bridgehead atoms. The molecule has 4 heterocycles. The molecule has 2 amide bonds. The number of anilines is 1. The number of aliphatic hydroxyl groups is 1. The minimum absolute atomic E-state index is 0.0617. The molecule has 0 aliphatic carbocycles. The van der Waals surface area contributed by atoms with Gasteiger partial charge in [0.25, 0.3) is 17.6 Å². The zero-order chi connectivity index (χ0) is 26.7. The number of nitrogens with zero attached hydrogens (tertiary/aromatic N) is 4. The Kier molecular flexibility index (Phi) is 6.75. The lowest BCUT2D eigenvalue weighted by molar-refractivity contribution is -0.140. The number of hydrogen-bond donors (Lipinski definition) is 2. The van der Waals surface area contributed by atoms with Crippen LogP contribution in [0.1, 0.15) is 27.2 Å². The van der Waals surface area contributed by atoms with E-state index in [0.717, 1.165) is 11.1 Å². The van der Waals surface area contributed by atoms with Crippen molar-refractivity contribution in [3.63, 3.8) is 0 Å². The fourth-order valence-electron chi connectivity index (χ4n) is 4.07. The molecule has 0 saturated carbocycles. The van der Waals surface area contributed by atoms with Gasteiger partial charge in [0.2, 0.25) is 0 Å². The Balaban J connectivity index is 1.29. The van der Waals surface area contributed by atoms with E-state index in [4.69, 9.17) is 16.0 Å². The number of carbonyl (C=O) groups is 2.